The number of benzene rings is 1. The molecule has 1 aromatic carbocycles. The molecule has 0 aliphatic carbocycles. The van der Waals surface area contributed by atoms with Gasteiger partial charge in [-0.05, 0) is 6.92 Å². The molecule has 0 amide bonds. The van der Waals surface area contributed by atoms with E-state index >= 15 is 0 Å². The van der Waals surface area contributed by atoms with E-state index in [9.17, 15) is 9.90 Å². The first-order valence-corrected chi connectivity index (χ1v) is 4.72. The minimum atomic E-state index is -0.156. The minimum absolute atomic E-state index is 0.0822. The normalized spacial score (nSPS) is 19.3. The molecule has 0 saturated carbocycles. The lowest BCUT2D eigenvalue weighted by molar-refractivity contribution is 0.0866. The summed E-state index contributed by atoms with van der Waals surface area (Å²) in [5.41, 5.74) is 0.258. The van der Waals surface area contributed by atoms with Crippen LogP contribution in [-0.2, 0) is 0 Å². The van der Waals surface area contributed by atoms with E-state index in [4.69, 9.17) is 9.47 Å². The molecule has 80 valence electrons. The molecule has 0 bridgehead atoms. The Morgan fingerprint density at radius 1 is 1.53 bits per heavy atom. The Labute approximate surface area is 87.4 Å². The van der Waals surface area contributed by atoms with Crippen LogP contribution >= 0.6 is 0 Å². The van der Waals surface area contributed by atoms with Crippen LogP contribution in [0.15, 0.2) is 12.1 Å². The number of ether oxygens (including phenoxy) is 2. The lowest BCUT2D eigenvalue weighted by atomic mass is 10.0. The van der Waals surface area contributed by atoms with E-state index in [1.54, 1.807) is 6.07 Å². The molecule has 0 unspecified atom stereocenters. The highest BCUT2D eigenvalue weighted by atomic mass is 16.5. The van der Waals surface area contributed by atoms with Crippen molar-refractivity contribution in [2.75, 3.05) is 7.11 Å². The number of rotatable bonds is 1. The zero-order valence-corrected chi connectivity index (χ0v) is 8.61. The molecule has 0 saturated heterocycles. The summed E-state index contributed by atoms with van der Waals surface area (Å²) >= 11 is 0. The quantitative estimate of drug-likeness (QED) is 0.763. The van der Waals surface area contributed by atoms with Crippen molar-refractivity contribution in [3.05, 3.63) is 17.7 Å². The maximum Gasteiger partial charge on any atom is 0.174 e. The molecule has 1 heterocycles. The molecule has 0 spiro atoms. The number of carbonyl (C=O) groups is 1. The van der Waals surface area contributed by atoms with Gasteiger partial charge in [0.1, 0.15) is 28.9 Å². The Morgan fingerprint density at radius 3 is 2.93 bits per heavy atom. The number of fused-ring (bicyclic) bond motifs is 1. The Hall–Kier alpha value is -1.71. The van der Waals surface area contributed by atoms with E-state index in [0.717, 1.165) is 0 Å². The third-order valence-corrected chi connectivity index (χ3v) is 2.37. The summed E-state index contributed by atoms with van der Waals surface area (Å²) < 4.78 is 10.4. The van der Waals surface area contributed by atoms with E-state index in [2.05, 4.69) is 0 Å². The zero-order chi connectivity index (χ0) is 11.0. The maximum absolute atomic E-state index is 11.6. The molecule has 1 aliphatic heterocycles. The number of hydrogen-bond acceptors (Lipinski definition) is 4. The Morgan fingerprint density at radius 2 is 2.27 bits per heavy atom. The number of aromatic hydroxyl groups is 1. The van der Waals surface area contributed by atoms with Crippen LogP contribution in [0.2, 0.25) is 0 Å². The first-order chi connectivity index (χ1) is 7.11. The molecule has 4 nitrogen and oxygen atoms in total. The van der Waals surface area contributed by atoms with E-state index in [1.165, 1.54) is 13.2 Å². The van der Waals surface area contributed by atoms with Gasteiger partial charge in [-0.2, -0.15) is 0 Å². The van der Waals surface area contributed by atoms with Gasteiger partial charge in [0.15, 0.2) is 5.78 Å². The average molecular weight is 208 g/mol. The number of hydrogen-bond donors (Lipinski definition) is 1. The van der Waals surface area contributed by atoms with Gasteiger partial charge < -0.3 is 14.6 Å². The van der Waals surface area contributed by atoms with Crippen molar-refractivity contribution < 1.29 is 19.4 Å². The second-order valence-corrected chi connectivity index (χ2v) is 3.58. The zero-order valence-electron chi connectivity index (χ0n) is 8.61. The van der Waals surface area contributed by atoms with Crippen molar-refractivity contribution in [2.45, 2.75) is 19.4 Å². The summed E-state index contributed by atoms with van der Waals surface area (Å²) in [5, 5.41) is 9.64. The van der Waals surface area contributed by atoms with Gasteiger partial charge in [-0.1, -0.05) is 0 Å². The van der Waals surface area contributed by atoms with Crippen molar-refractivity contribution in [3.8, 4) is 17.2 Å². The highest BCUT2D eigenvalue weighted by Crippen LogP contribution is 2.37. The van der Waals surface area contributed by atoms with Crippen molar-refractivity contribution >= 4 is 5.78 Å². The lowest BCUT2D eigenvalue weighted by Crippen LogP contribution is -2.24. The summed E-state index contributed by atoms with van der Waals surface area (Å²) in [7, 11) is 1.50. The highest BCUT2D eigenvalue weighted by Gasteiger charge is 2.27. The summed E-state index contributed by atoms with van der Waals surface area (Å²) in [6.45, 7) is 1.82. The van der Waals surface area contributed by atoms with Crippen LogP contribution in [0.4, 0.5) is 0 Å². The number of phenols is 1. The fourth-order valence-electron chi connectivity index (χ4n) is 1.69. The second kappa shape index (κ2) is 3.46. The SMILES string of the molecule is COc1cc(O)c2c(c1)O[C@@H](C)CC2=O. The second-order valence-electron chi connectivity index (χ2n) is 3.58. The van der Waals surface area contributed by atoms with Crippen molar-refractivity contribution in [2.24, 2.45) is 0 Å². The third-order valence-electron chi connectivity index (χ3n) is 2.37. The number of Topliss-reactive ketones (excluding diaryl/α,β-unsaturated/α-hetero) is 1. The molecule has 0 radical (unpaired) electrons. The van der Waals surface area contributed by atoms with Gasteiger partial charge >= 0.3 is 0 Å². The van der Waals surface area contributed by atoms with Crippen LogP contribution in [0.3, 0.4) is 0 Å². The number of carbonyl (C=O) groups excluding carboxylic acids is 1. The van der Waals surface area contributed by atoms with Crippen LogP contribution < -0.4 is 9.47 Å². The smallest absolute Gasteiger partial charge is 0.174 e. The standard InChI is InChI=1S/C11H12O4/c1-6-3-8(12)11-9(13)4-7(14-2)5-10(11)15-6/h4-6,13H,3H2,1-2H3/t6-/m0/s1. The fourth-order valence-corrected chi connectivity index (χ4v) is 1.69. The van der Waals surface area contributed by atoms with Crippen molar-refractivity contribution in [1.29, 1.82) is 0 Å². The highest BCUT2D eigenvalue weighted by molar-refractivity contribution is 6.02. The number of methoxy groups -OCH3 is 1. The van der Waals surface area contributed by atoms with Gasteiger partial charge in [0, 0.05) is 18.6 Å². The third kappa shape index (κ3) is 1.63. The molecule has 0 aromatic heterocycles. The minimum Gasteiger partial charge on any atom is -0.507 e. The topological polar surface area (TPSA) is 55.8 Å². The first kappa shape index (κ1) is 9.83. The van der Waals surface area contributed by atoms with Crippen LogP contribution in [0.25, 0.3) is 0 Å². The van der Waals surface area contributed by atoms with Gasteiger partial charge in [0.25, 0.3) is 0 Å². The molecule has 15 heavy (non-hydrogen) atoms. The fraction of sp³-hybridized carbons (Fsp3) is 0.364. The van der Waals surface area contributed by atoms with E-state index in [0.29, 0.717) is 17.9 Å². The van der Waals surface area contributed by atoms with E-state index in [-0.39, 0.29) is 23.2 Å². The van der Waals surface area contributed by atoms with Gasteiger partial charge in [0.05, 0.1) is 7.11 Å². The molecular formula is C11H12O4. The predicted molar refractivity (Wildman–Crippen MR) is 53.7 cm³/mol. The summed E-state index contributed by atoms with van der Waals surface area (Å²) in [6.07, 6.45) is 0.142. The molecule has 1 aliphatic rings. The molecule has 1 atom stereocenters. The predicted octanol–water partition coefficient (Wildman–Crippen LogP) is 1.75. The van der Waals surface area contributed by atoms with Crippen LogP contribution in [0.5, 0.6) is 17.2 Å². The Balaban J connectivity index is 2.54. The molecule has 2 rings (SSSR count). The Bertz CT molecular complexity index is 411. The number of ketones is 1. The van der Waals surface area contributed by atoms with Gasteiger partial charge in [-0.15, -0.1) is 0 Å². The average Bonchev–Trinajstić information content (AvgIpc) is 2.15. The Kier molecular flexibility index (Phi) is 2.26. The molecular weight excluding hydrogens is 196 g/mol. The summed E-state index contributed by atoms with van der Waals surface area (Å²) in [4.78, 5) is 11.6. The first-order valence-electron chi connectivity index (χ1n) is 4.72. The monoisotopic (exact) mass is 208 g/mol. The van der Waals surface area contributed by atoms with E-state index in [1.807, 2.05) is 6.92 Å². The maximum atomic E-state index is 11.6. The van der Waals surface area contributed by atoms with Crippen LogP contribution in [-0.4, -0.2) is 24.1 Å². The van der Waals surface area contributed by atoms with Crippen molar-refractivity contribution in [1.82, 2.24) is 0 Å². The molecule has 1 N–H and O–H groups in total. The van der Waals surface area contributed by atoms with E-state index < -0.39 is 0 Å². The largest absolute Gasteiger partial charge is 0.507 e. The van der Waals surface area contributed by atoms with Gasteiger partial charge in [-0.3, -0.25) is 4.79 Å². The van der Waals surface area contributed by atoms with Crippen LogP contribution in [0.1, 0.15) is 23.7 Å². The lowest BCUT2D eigenvalue weighted by Gasteiger charge is -2.23. The van der Waals surface area contributed by atoms with Gasteiger partial charge in [0.2, 0.25) is 0 Å². The van der Waals surface area contributed by atoms with Crippen molar-refractivity contribution in [3.63, 3.8) is 0 Å². The molecule has 1 aromatic rings. The molecule has 4 heteroatoms. The van der Waals surface area contributed by atoms with Gasteiger partial charge in [-0.25, -0.2) is 0 Å². The van der Waals surface area contributed by atoms with Crippen LogP contribution in [0, 0.1) is 0 Å². The summed E-state index contributed by atoms with van der Waals surface area (Å²) in [6, 6.07) is 3.03. The number of phenolic OH excluding ortho intramolecular Hbond substituents is 1. The molecule has 0 fully saturated rings. The summed E-state index contributed by atoms with van der Waals surface area (Å²) in [5.74, 6) is 0.703.